The van der Waals surface area contributed by atoms with E-state index in [0.29, 0.717) is 5.92 Å². The van der Waals surface area contributed by atoms with Crippen molar-refractivity contribution in [2.75, 3.05) is 25.0 Å². The van der Waals surface area contributed by atoms with Crippen LogP contribution in [0.3, 0.4) is 0 Å². The van der Waals surface area contributed by atoms with Crippen LogP contribution in [-0.2, 0) is 13.0 Å². The SMILES string of the molecule is Fc1ccc2c(CCN3CCC(C4=NCc5ccc(Cl)cc5N4)CC3)c[nH]c2c1. The van der Waals surface area contributed by atoms with Gasteiger partial charge in [-0.25, -0.2) is 4.39 Å². The Morgan fingerprint density at radius 2 is 2.00 bits per heavy atom. The highest BCUT2D eigenvalue weighted by molar-refractivity contribution is 6.31. The number of benzene rings is 2. The fourth-order valence-corrected chi connectivity index (χ4v) is 4.63. The maximum Gasteiger partial charge on any atom is 0.125 e. The number of piperidine rings is 1. The van der Waals surface area contributed by atoms with Crippen LogP contribution in [0, 0.1) is 11.7 Å². The van der Waals surface area contributed by atoms with Gasteiger partial charge in [-0.2, -0.15) is 0 Å². The van der Waals surface area contributed by atoms with Crippen LogP contribution in [0.5, 0.6) is 0 Å². The zero-order valence-corrected chi connectivity index (χ0v) is 17.0. The van der Waals surface area contributed by atoms with E-state index in [4.69, 9.17) is 16.6 Å². The molecule has 5 rings (SSSR count). The summed E-state index contributed by atoms with van der Waals surface area (Å²) in [5, 5.41) is 5.39. The van der Waals surface area contributed by atoms with E-state index in [9.17, 15) is 4.39 Å². The summed E-state index contributed by atoms with van der Waals surface area (Å²) in [7, 11) is 0. The minimum absolute atomic E-state index is 0.197. The number of amidine groups is 1. The Bertz CT molecular complexity index is 1070. The van der Waals surface area contributed by atoms with Gasteiger partial charge in [0.25, 0.3) is 0 Å². The number of nitrogens with zero attached hydrogens (tertiary/aromatic N) is 2. The van der Waals surface area contributed by atoms with Crippen molar-refractivity contribution in [3.8, 4) is 0 Å². The van der Waals surface area contributed by atoms with Gasteiger partial charge >= 0.3 is 0 Å². The molecule has 1 saturated heterocycles. The van der Waals surface area contributed by atoms with E-state index in [1.54, 1.807) is 6.07 Å². The number of fused-ring (bicyclic) bond motifs is 2. The molecule has 0 bridgehead atoms. The number of aliphatic imine (C=N–C) groups is 1. The fraction of sp³-hybridized carbons (Fsp3) is 0.348. The van der Waals surface area contributed by atoms with E-state index in [1.165, 1.54) is 17.2 Å². The zero-order valence-electron chi connectivity index (χ0n) is 16.2. The zero-order chi connectivity index (χ0) is 19.8. The highest BCUT2D eigenvalue weighted by Gasteiger charge is 2.25. The first kappa shape index (κ1) is 18.6. The van der Waals surface area contributed by atoms with Gasteiger partial charge in [-0.15, -0.1) is 0 Å². The monoisotopic (exact) mass is 410 g/mol. The molecule has 29 heavy (non-hydrogen) atoms. The number of aromatic amines is 1. The van der Waals surface area contributed by atoms with Crippen molar-refractivity contribution in [2.24, 2.45) is 10.9 Å². The molecular formula is C23H24ClFN4. The molecule has 0 unspecified atom stereocenters. The molecule has 0 saturated carbocycles. The molecule has 2 aliphatic heterocycles. The van der Waals surface area contributed by atoms with E-state index in [2.05, 4.69) is 15.2 Å². The minimum Gasteiger partial charge on any atom is -0.361 e. The van der Waals surface area contributed by atoms with Gasteiger partial charge in [-0.3, -0.25) is 4.99 Å². The summed E-state index contributed by atoms with van der Waals surface area (Å²) in [4.78, 5) is 10.5. The van der Waals surface area contributed by atoms with Gasteiger partial charge in [0.2, 0.25) is 0 Å². The van der Waals surface area contributed by atoms with Crippen molar-refractivity contribution in [1.29, 1.82) is 0 Å². The third kappa shape index (κ3) is 3.89. The smallest absolute Gasteiger partial charge is 0.125 e. The molecule has 3 aromatic rings. The molecule has 150 valence electrons. The molecule has 0 aliphatic carbocycles. The van der Waals surface area contributed by atoms with E-state index in [0.717, 1.165) is 72.9 Å². The van der Waals surface area contributed by atoms with Crippen molar-refractivity contribution in [3.63, 3.8) is 0 Å². The number of hydrogen-bond donors (Lipinski definition) is 2. The Balaban J connectivity index is 1.16. The molecule has 3 heterocycles. The third-order valence-electron chi connectivity index (χ3n) is 6.16. The summed E-state index contributed by atoms with van der Waals surface area (Å²) >= 11 is 6.14. The van der Waals surface area contributed by atoms with Crippen LogP contribution >= 0.6 is 11.6 Å². The molecule has 0 radical (unpaired) electrons. The maximum absolute atomic E-state index is 13.4. The van der Waals surface area contributed by atoms with Crippen LogP contribution in [-0.4, -0.2) is 35.4 Å². The standard InChI is InChI=1S/C23H24ClFN4/c24-18-2-1-17-14-27-23(28-21(17)11-18)15-5-8-29(9-6-15)10-7-16-13-26-22-12-19(25)3-4-20(16)22/h1-4,11-13,15,26H,5-10,14H2,(H,27,28). The average Bonchev–Trinajstić information content (AvgIpc) is 3.14. The Morgan fingerprint density at radius 3 is 2.86 bits per heavy atom. The van der Waals surface area contributed by atoms with Crippen molar-refractivity contribution >= 4 is 34.0 Å². The summed E-state index contributed by atoms with van der Waals surface area (Å²) < 4.78 is 13.4. The van der Waals surface area contributed by atoms with Gasteiger partial charge in [-0.05, 0) is 73.8 Å². The predicted molar refractivity (Wildman–Crippen MR) is 117 cm³/mol. The highest BCUT2D eigenvalue weighted by Crippen LogP contribution is 2.29. The molecule has 1 fully saturated rings. The summed E-state index contributed by atoms with van der Waals surface area (Å²) in [6, 6.07) is 10.9. The largest absolute Gasteiger partial charge is 0.361 e. The molecule has 2 aliphatic rings. The molecule has 0 amide bonds. The number of nitrogens with one attached hydrogen (secondary N) is 2. The summed E-state index contributed by atoms with van der Waals surface area (Å²) in [6.45, 7) is 3.90. The lowest BCUT2D eigenvalue weighted by Crippen LogP contribution is -2.39. The quantitative estimate of drug-likeness (QED) is 0.617. The first-order valence-corrected chi connectivity index (χ1v) is 10.6. The predicted octanol–water partition coefficient (Wildman–Crippen LogP) is 5.24. The van der Waals surface area contributed by atoms with E-state index < -0.39 is 0 Å². The van der Waals surface area contributed by atoms with E-state index in [1.807, 2.05) is 30.5 Å². The number of aromatic nitrogens is 1. The second-order valence-corrected chi connectivity index (χ2v) is 8.43. The normalized spacial score (nSPS) is 17.8. The highest BCUT2D eigenvalue weighted by atomic mass is 35.5. The van der Waals surface area contributed by atoms with Crippen molar-refractivity contribution in [1.82, 2.24) is 9.88 Å². The van der Waals surface area contributed by atoms with Crippen LogP contribution in [0.4, 0.5) is 10.1 Å². The van der Waals surface area contributed by atoms with Crippen LogP contribution in [0.15, 0.2) is 47.6 Å². The van der Waals surface area contributed by atoms with Gasteiger partial charge in [0.1, 0.15) is 11.7 Å². The lowest BCUT2D eigenvalue weighted by molar-refractivity contribution is 0.211. The first-order valence-electron chi connectivity index (χ1n) is 10.2. The van der Waals surface area contributed by atoms with Crippen molar-refractivity contribution in [3.05, 3.63) is 64.6 Å². The second-order valence-electron chi connectivity index (χ2n) is 8.00. The Hall–Kier alpha value is -2.37. The van der Waals surface area contributed by atoms with Gasteiger partial charge in [-0.1, -0.05) is 17.7 Å². The molecule has 6 heteroatoms. The molecule has 2 aromatic carbocycles. The molecule has 2 N–H and O–H groups in total. The minimum atomic E-state index is -0.197. The second kappa shape index (κ2) is 7.81. The molecule has 1 aromatic heterocycles. The number of likely N-dealkylation sites (tertiary alicyclic amines) is 1. The van der Waals surface area contributed by atoms with E-state index in [-0.39, 0.29) is 5.82 Å². The number of hydrogen-bond acceptors (Lipinski definition) is 3. The molecule has 4 nitrogen and oxygen atoms in total. The number of anilines is 1. The fourth-order valence-electron chi connectivity index (χ4n) is 4.46. The Labute approximate surface area is 174 Å². The van der Waals surface area contributed by atoms with Gasteiger partial charge in [0.05, 0.1) is 6.54 Å². The Kier molecular flexibility index (Phi) is 5.02. The number of H-pyrrole nitrogens is 1. The molecule has 0 spiro atoms. The van der Waals surface area contributed by atoms with Gasteiger partial charge in [0, 0.05) is 40.3 Å². The van der Waals surface area contributed by atoms with Crippen LogP contribution in [0.25, 0.3) is 10.9 Å². The van der Waals surface area contributed by atoms with Crippen LogP contribution in [0.1, 0.15) is 24.0 Å². The topological polar surface area (TPSA) is 43.4 Å². The molecule has 0 atom stereocenters. The van der Waals surface area contributed by atoms with Gasteiger partial charge in [0.15, 0.2) is 0 Å². The Morgan fingerprint density at radius 1 is 1.14 bits per heavy atom. The van der Waals surface area contributed by atoms with Crippen molar-refractivity contribution in [2.45, 2.75) is 25.8 Å². The van der Waals surface area contributed by atoms with Crippen molar-refractivity contribution < 1.29 is 4.39 Å². The van der Waals surface area contributed by atoms with E-state index >= 15 is 0 Å². The van der Waals surface area contributed by atoms with Crippen LogP contribution in [0.2, 0.25) is 5.02 Å². The van der Waals surface area contributed by atoms with Gasteiger partial charge < -0.3 is 15.2 Å². The third-order valence-corrected chi connectivity index (χ3v) is 6.39. The summed E-state index contributed by atoms with van der Waals surface area (Å²) in [6.07, 6.45) is 5.21. The lowest BCUT2D eigenvalue weighted by Gasteiger charge is -2.34. The number of rotatable bonds is 4. The lowest BCUT2D eigenvalue weighted by atomic mass is 9.94. The molecular weight excluding hydrogens is 387 g/mol. The van der Waals surface area contributed by atoms with Crippen LogP contribution < -0.4 is 5.32 Å². The first-order chi connectivity index (χ1) is 14.2. The summed E-state index contributed by atoms with van der Waals surface area (Å²) in [5.41, 5.74) is 4.43. The maximum atomic E-state index is 13.4. The average molecular weight is 411 g/mol. The summed E-state index contributed by atoms with van der Waals surface area (Å²) in [5.74, 6) is 1.39. The number of halogens is 2.